The molecule has 1 aliphatic rings. The van der Waals surface area contributed by atoms with E-state index >= 15 is 0 Å². The van der Waals surface area contributed by atoms with E-state index in [4.69, 9.17) is 4.74 Å². The molecule has 1 aromatic rings. The fourth-order valence-corrected chi connectivity index (χ4v) is 2.01. The zero-order valence-corrected chi connectivity index (χ0v) is 10.7. The van der Waals surface area contributed by atoms with E-state index in [0.717, 1.165) is 25.2 Å². The van der Waals surface area contributed by atoms with E-state index in [1.807, 2.05) is 31.2 Å². The van der Waals surface area contributed by atoms with Crippen LogP contribution in [0.1, 0.15) is 12.0 Å². The standard InChI is InChI=1S/C14H20N2O2/c1-11-2-4-13(5-3-11)16-14(17)10-18-9-12-6-7-15-8-12/h2-5,12,15H,6-10H2,1H3,(H,16,17). The van der Waals surface area contributed by atoms with E-state index in [-0.39, 0.29) is 12.5 Å². The van der Waals surface area contributed by atoms with Crippen molar-refractivity contribution in [1.29, 1.82) is 0 Å². The van der Waals surface area contributed by atoms with Crippen LogP contribution in [-0.2, 0) is 9.53 Å². The molecule has 0 spiro atoms. The number of ether oxygens (including phenoxy) is 1. The second-order valence-electron chi connectivity index (χ2n) is 4.79. The van der Waals surface area contributed by atoms with Crippen LogP contribution in [0.2, 0.25) is 0 Å². The average Bonchev–Trinajstić information content (AvgIpc) is 2.85. The first-order valence-electron chi connectivity index (χ1n) is 6.39. The lowest BCUT2D eigenvalue weighted by Crippen LogP contribution is -2.21. The van der Waals surface area contributed by atoms with Gasteiger partial charge in [0.15, 0.2) is 0 Å². The number of amides is 1. The van der Waals surface area contributed by atoms with Crippen molar-refractivity contribution in [3.8, 4) is 0 Å². The van der Waals surface area contributed by atoms with Crippen molar-refractivity contribution in [2.45, 2.75) is 13.3 Å². The van der Waals surface area contributed by atoms with E-state index in [1.165, 1.54) is 5.56 Å². The quantitative estimate of drug-likeness (QED) is 0.831. The summed E-state index contributed by atoms with van der Waals surface area (Å²) in [6.07, 6.45) is 1.14. The van der Waals surface area contributed by atoms with Crippen molar-refractivity contribution < 1.29 is 9.53 Å². The Labute approximate surface area is 108 Å². The van der Waals surface area contributed by atoms with Gasteiger partial charge in [-0.15, -0.1) is 0 Å². The van der Waals surface area contributed by atoms with Crippen LogP contribution in [-0.4, -0.2) is 32.2 Å². The van der Waals surface area contributed by atoms with E-state index in [1.54, 1.807) is 0 Å². The number of nitrogens with one attached hydrogen (secondary N) is 2. The summed E-state index contributed by atoms with van der Waals surface area (Å²) < 4.78 is 5.42. The van der Waals surface area contributed by atoms with Gasteiger partial charge >= 0.3 is 0 Å². The molecule has 4 nitrogen and oxygen atoms in total. The number of benzene rings is 1. The van der Waals surface area contributed by atoms with Crippen molar-refractivity contribution in [3.05, 3.63) is 29.8 Å². The SMILES string of the molecule is Cc1ccc(NC(=O)COCC2CCNC2)cc1. The van der Waals surface area contributed by atoms with E-state index in [2.05, 4.69) is 10.6 Å². The van der Waals surface area contributed by atoms with Gasteiger partial charge in [-0.25, -0.2) is 0 Å². The Morgan fingerprint density at radius 1 is 1.44 bits per heavy atom. The molecule has 2 N–H and O–H groups in total. The Hall–Kier alpha value is -1.39. The molecule has 0 bridgehead atoms. The minimum Gasteiger partial charge on any atom is -0.371 e. The monoisotopic (exact) mass is 248 g/mol. The number of carbonyl (C=O) groups is 1. The maximum absolute atomic E-state index is 11.6. The topological polar surface area (TPSA) is 50.4 Å². The highest BCUT2D eigenvalue weighted by Gasteiger charge is 2.14. The lowest BCUT2D eigenvalue weighted by atomic mass is 10.1. The van der Waals surface area contributed by atoms with Gasteiger partial charge in [-0.3, -0.25) is 4.79 Å². The second kappa shape index (κ2) is 6.52. The van der Waals surface area contributed by atoms with Crippen molar-refractivity contribution in [1.82, 2.24) is 5.32 Å². The smallest absolute Gasteiger partial charge is 0.250 e. The molecule has 2 rings (SSSR count). The van der Waals surface area contributed by atoms with Crippen molar-refractivity contribution in [2.75, 3.05) is 31.6 Å². The number of hydrogen-bond acceptors (Lipinski definition) is 3. The lowest BCUT2D eigenvalue weighted by molar-refractivity contribution is -0.121. The maximum Gasteiger partial charge on any atom is 0.250 e. The summed E-state index contributed by atoms with van der Waals surface area (Å²) >= 11 is 0. The fourth-order valence-electron chi connectivity index (χ4n) is 2.01. The first kappa shape index (κ1) is 13.1. The minimum atomic E-state index is -0.0928. The van der Waals surface area contributed by atoms with Crippen LogP contribution in [0.25, 0.3) is 0 Å². The van der Waals surface area contributed by atoms with Crippen molar-refractivity contribution in [3.63, 3.8) is 0 Å². The molecular formula is C14H20N2O2. The molecule has 1 saturated heterocycles. The summed E-state index contributed by atoms with van der Waals surface area (Å²) in [5.41, 5.74) is 2.00. The fraction of sp³-hybridized carbons (Fsp3) is 0.500. The van der Waals surface area contributed by atoms with Crippen LogP contribution in [0.5, 0.6) is 0 Å². The molecule has 1 aliphatic heterocycles. The minimum absolute atomic E-state index is 0.0928. The summed E-state index contributed by atoms with van der Waals surface area (Å²) in [5, 5.41) is 6.09. The molecule has 1 unspecified atom stereocenters. The molecule has 1 fully saturated rings. The Kier molecular flexibility index (Phi) is 4.73. The number of hydrogen-bond donors (Lipinski definition) is 2. The predicted molar refractivity (Wildman–Crippen MR) is 71.6 cm³/mol. The molecule has 98 valence electrons. The molecule has 1 amide bonds. The second-order valence-corrected chi connectivity index (χ2v) is 4.79. The van der Waals surface area contributed by atoms with Gasteiger partial charge in [0.05, 0.1) is 6.61 Å². The highest BCUT2D eigenvalue weighted by molar-refractivity contribution is 5.91. The highest BCUT2D eigenvalue weighted by atomic mass is 16.5. The van der Waals surface area contributed by atoms with Gasteiger partial charge in [0.1, 0.15) is 6.61 Å². The third kappa shape index (κ3) is 4.13. The Morgan fingerprint density at radius 3 is 2.89 bits per heavy atom. The molecule has 4 heteroatoms. The predicted octanol–water partition coefficient (Wildman–Crippen LogP) is 1.56. The average molecular weight is 248 g/mol. The summed E-state index contributed by atoms with van der Waals surface area (Å²) in [4.78, 5) is 11.6. The number of rotatable bonds is 5. The van der Waals surface area contributed by atoms with Gasteiger partial charge in [-0.05, 0) is 37.9 Å². The van der Waals surface area contributed by atoms with Crippen LogP contribution in [0.15, 0.2) is 24.3 Å². The summed E-state index contributed by atoms with van der Waals surface area (Å²) in [6, 6.07) is 7.74. The maximum atomic E-state index is 11.6. The molecule has 18 heavy (non-hydrogen) atoms. The van der Waals surface area contributed by atoms with Gasteiger partial charge in [0.25, 0.3) is 0 Å². The molecule has 0 saturated carbocycles. The largest absolute Gasteiger partial charge is 0.371 e. The first-order chi connectivity index (χ1) is 8.74. The Bertz CT molecular complexity index is 383. The van der Waals surface area contributed by atoms with Gasteiger partial charge in [-0.2, -0.15) is 0 Å². The third-order valence-corrected chi connectivity index (χ3v) is 3.08. The van der Waals surface area contributed by atoms with E-state index in [0.29, 0.717) is 12.5 Å². The third-order valence-electron chi connectivity index (χ3n) is 3.08. The molecule has 0 aliphatic carbocycles. The van der Waals surface area contributed by atoms with Crippen molar-refractivity contribution >= 4 is 11.6 Å². The Morgan fingerprint density at radius 2 is 2.22 bits per heavy atom. The molecular weight excluding hydrogens is 228 g/mol. The number of carbonyl (C=O) groups excluding carboxylic acids is 1. The molecule has 0 radical (unpaired) electrons. The molecule has 1 aromatic carbocycles. The highest BCUT2D eigenvalue weighted by Crippen LogP contribution is 2.09. The van der Waals surface area contributed by atoms with Gasteiger partial charge in [0.2, 0.25) is 5.91 Å². The van der Waals surface area contributed by atoms with Crippen LogP contribution >= 0.6 is 0 Å². The van der Waals surface area contributed by atoms with Gasteiger partial charge < -0.3 is 15.4 Å². The van der Waals surface area contributed by atoms with E-state index < -0.39 is 0 Å². The number of anilines is 1. The zero-order chi connectivity index (χ0) is 12.8. The van der Waals surface area contributed by atoms with Gasteiger partial charge in [-0.1, -0.05) is 17.7 Å². The normalized spacial score (nSPS) is 18.8. The van der Waals surface area contributed by atoms with Crippen LogP contribution in [0, 0.1) is 12.8 Å². The van der Waals surface area contributed by atoms with Crippen molar-refractivity contribution in [2.24, 2.45) is 5.92 Å². The summed E-state index contributed by atoms with van der Waals surface area (Å²) in [7, 11) is 0. The van der Waals surface area contributed by atoms with Crippen LogP contribution in [0.4, 0.5) is 5.69 Å². The lowest BCUT2D eigenvalue weighted by Gasteiger charge is -2.09. The summed E-state index contributed by atoms with van der Waals surface area (Å²) in [6.45, 7) is 4.87. The summed E-state index contributed by atoms with van der Waals surface area (Å²) in [5.74, 6) is 0.460. The molecule has 0 aromatic heterocycles. The number of aryl methyl sites for hydroxylation is 1. The van der Waals surface area contributed by atoms with Gasteiger partial charge in [0, 0.05) is 12.2 Å². The Balaban J connectivity index is 1.66. The van der Waals surface area contributed by atoms with Crippen LogP contribution < -0.4 is 10.6 Å². The molecule has 1 atom stereocenters. The zero-order valence-electron chi connectivity index (χ0n) is 10.7. The van der Waals surface area contributed by atoms with E-state index in [9.17, 15) is 4.79 Å². The molecule has 1 heterocycles. The van der Waals surface area contributed by atoms with Crippen LogP contribution in [0.3, 0.4) is 0 Å². The first-order valence-corrected chi connectivity index (χ1v) is 6.39.